The van der Waals surface area contributed by atoms with Crippen molar-refractivity contribution in [1.82, 2.24) is 4.98 Å². The van der Waals surface area contributed by atoms with Gasteiger partial charge in [0.1, 0.15) is 4.88 Å². The summed E-state index contributed by atoms with van der Waals surface area (Å²) in [6.07, 6.45) is 4.48. The summed E-state index contributed by atoms with van der Waals surface area (Å²) in [6.45, 7) is 3.61. The van der Waals surface area contributed by atoms with Crippen LogP contribution in [0.15, 0.2) is 0 Å². The molecule has 1 aliphatic rings. The zero-order chi connectivity index (χ0) is 13.3. The Morgan fingerprint density at radius 2 is 2.11 bits per heavy atom. The minimum absolute atomic E-state index is 0.0688. The van der Waals surface area contributed by atoms with Crippen molar-refractivity contribution in [1.29, 1.82) is 0 Å². The van der Waals surface area contributed by atoms with Gasteiger partial charge < -0.3 is 5.11 Å². The van der Waals surface area contributed by atoms with Crippen LogP contribution in [0.1, 0.15) is 70.6 Å². The number of carboxylic acids is 1. The summed E-state index contributed by atoms with van der Waals surface area (Å²) in [5, 5.41) is 9.89. The van der Waals surface area contributed by atoms with E-state index in [1.165, 1.54) is 24.7 Å². The van der Waals surface area contributed by atoms with E-state index >= 15 is 0 Å². The Labute approximate surface area is 110 Å². The number of nitrogens with zero attached hydrogens (tertiary/aromatic N) is 1. The van der Waals surface area contributed by atoms with Gasteiger partial charge in [-0.15, -0.1) is 11.3 Å². The van der Waals surface area contributed by atoms with Gasteiger partial charge in [0, 0.05) is 12.8 Å². The molecule has 1 heterocycles. The second kappa shape index (κ2) is 5.18. The summed E-state index contributed by atoms with van der Waals surface area (Å²) in [5.74, 6) is -0.335. The first-order valence-corrected chi connectivity index (χ1v) is 7.05. The largest absolute Gasteiger partial charge is 0.476 e. The van der Waals surface area contributed by atoms with Crippen molar-refractivity contribution in [3.05, 3.63) is 15.6 Å². The highest BCUT2D eigenvalue weighted by Crippen LogP contribution is 2.38. The molecule has 0 saturated heterocycles. The highest BCUT2D eigenvalue weighted by Gasteiger charge is 2.27. The number of carbonyl (C=O) groups is 2. The number of thiazole rings is 1. The molecule has 0 amide bonds. The first-order chi connectivity index (χ1) is 8.49. The lowest BCUT2D eigenvalue weighted by Crippen LogP contribution is -2.11. The third-order valence-corrected chi connectivity index (χ3v) is 4.77. The van der Waals surface area contributed by atoms with Gasteiger partial charge in [-0.05, 0) is 18.8 Å². The van der Waals surface area contributed by atoms with Crippen molar-refractivity contribution in [2.75, 3.05) is 0 Å². The van der Waals surface area contributed by atoms with E-state index in [2.05, 4.69) is 11.9 Å². The minimum atomic E-state index is -1.11. The molecule has 1 saturated carbocycles. The molecule has 5 heteroatoms. The Kier molecular flexibility index (Phi) is 3.80. The van der Waals surface area contributed by atoms with E-state index in [-0.39, 0.29) is 16.4 Å². The Bertz CT molecular complexity index is 449. The van der Waals surface area contributed by atoms with E-state index in [1.54, 1.807) is 0 Å². The molecule has 0 bridgehead atoms. The van der Waals surface area contributed by atoms with Crippen LogP contribution in [0.2, 0.25) is 0 Å². The quantitative estimate of drug-likeness (QED) is 0.853. The van der Waals surface area contributed by atoms with Gasteiger partial charge in [0.2, 0.25) is 0 Å². The highest BCUT2D eigenvalue weighted by atomic mass is 32.1. The molecular weight excluding hydrogens is 250 g/mol. The minimum Gasteiger partial charge on any atom is -0.476 e. The molecule has 2 unspecified atom stereocenters. The number of carboxylic acid groups (broad SMARTS) is 1. The molecule has 1 fully saturated rings. The maximum atomic E-state index is 11.4. The zero-order valence-corrected chi connectivity index (χ0v) is 11.4. The molecule has 4 nitrogen and oxygen atoms in total. The van der Waals surface area contributed by atoms with E-state index in [1.807, 2.05) is 0 Å². The summed E-state index contributed by atoms with van der Waals surface area (Å²) in [7, 11) is 0. The average molecular weight is 267 g/mol. The van der Waals surface area contributed by atoms with Crippen molar-refractivity contribution in [2.24, 2.45) is 5.92 Å². The van der Waals surface area contributed by atoms with E-state index in [9.17, 15) is 9.59 Å². The van der Waals surface area contributed by atoms with Gasteiger partial charge >= 0.3 is 5.97 Å². The number of Topliss-reactive ketones (excluding diaryl/α,β-unsaturated/α-hetero) is 1. The van der Waals surface area contributed by atoms with Crippen molar-refractivity contribution in [2.45, 2.75) is 45.4 Å². The van der Waals surface area contributed by atoms with Crippen LogP contribution in [0.4, 0.5) is 0 Å². The number of ketones is 1. The van der Waals surface area contributed by atoms with Crippen LogP contribution in [0.3, 0.4) is 0 Å². The normalized spacial score (nSPS) is 23.9. The second-order valence-electron chi connectivity index (χ2n) is 5.06. The molecule has 1 aromatic rings. The van der Waals surface area contributed by atoms with E-state index in [0.29, 0.717) is 11.8 Å². The molecule has 1 aromatic heterocycles. The number of rotatable bonds is 3. The van der Waals surface area contributed by atoms with Crippen LogP contribution in [0, 0.1) is 5.92 Å². The maximum absolute atomic E-state index is 11.4. The molecular formula is C13H17NO3S. The van der Waals surface area contributed by atoms with Crippen molar-refractivity contribution >= 4 is 23.1 Å². The van der Waals surface area contributed by atoms with E-state index in [4.69, 9.17) is 5.11 Å². The molecule has 98 valence electrons. The second-order valence-corrected chi connectivity index (χ2v) is 6.09. The predicted octanol–water partition coefficient (Wildman–Crippen LogP) is 3.34. The lowest BCUT2D eigenvalue weighted by Gasteiger charge is -2.24. The van der Waals surface area contributed by atoms with E-state index < -0.39 is 5.97 Å². The Morgan fingerprint density at radius 3 is 2.61 bits per heavy atom. The lowest BCUT2D eigenvalue weighted by molar-refractivity contribution is 0.0686. The smallest absolute Gasteiger partial charge is 0.356 e. The van der Waals surface area contributed by atoms with E-state index in [0.717, 1.165) is 24.3 Å². The van der Waals surface area contributed by atoms with Gasteiger partial charge in [-0.25, -0.2) is 9.78 Å². The molecule has 0 aliphatic heterocycles. The Balaban J connectivity index is 2.31. The van der Waals surface area contributed by atoms with Crippen LogP contribution in [-0.4, -0.2) is 21.8 Å². The lowest BCUT2D eigenvalue weighted by atomic mass is 9.83. The monoisotopic (exact) mass is 267 g/mol. The average Bonchev–Trinajstić information content (AvgIpc) is 2.73. The van der Waals surface area contributed by atoms with Crippen molar-refractivity contribution < 1.29 is 14.7 Å². The van der Waals surface area contributed by atoms with Crippen LogP contribution < -0.4 is 0 Å². The molecule has 0 radical (unpaired) electrons. The van der Waals surface area contributed by atoms with Crippen LogP contribution in [0.25, 0.3) is 0 Å². The first-order valence-electron chi connectivity index (χ1n) is 6.24. The molecule has 0 spiro atoms. The molecule has 1 N–H and O–H groups in total. The standard InChI is InChI=1S/C13H17NO3S/c1-7-4-3-5-9(6-7)12-14-10(13(16)17)11(18-12)8(2)15/h7,9H,3-6H2,1-2H3,(H,16,17). The first kappa shape index (κ1) is 13.2. The third-order valence-electron chi connectivity index (χ3n) is 3.45. The predicted molar refractivity (Wildman–Crippen MR) is 69.5 cm³/mol. The number of carbonyl (C=O) groups excluding carboxylic acids is 1. The third kappa shape index (κ3) is 2.61. The summed E-state index contributed by atoms with van der Waals surface area (Å²) >= 11 is 1.26. The summed E-state index contributed by atoms with van der Waals surface area (Å²) < 4.78 is 0. The summed E-state index contributed by atoms with van der Waals surface area (Å²) in [4.78, 5) is 27.0. The zero-order valence-electron chi connectivity index (χ0n) is 10.6. The maximum Gasteiger partial charge on any atom is 0.356 e. The molecule has 1 aliphatic carbocycles. The number of aromatic nitrogens is 1. The van der Waals surface area contributed by atoms with Crippen LogP contribution in [0.5, 0.6) is 0 Å². The van der Waals surface area contributed by atoms with Gasteiger partial charge in [0.15, 0.2) is 11.5 Å². The summed E-state index contributed by atoms with van der Waals surface area (Å²) in [6, 6.07) is 0. The fraction of sp³-hybridized carbons (Fsp3) is 0.615. The van der Waals surface area contributed by atoms with Gasteiger partial charge in [-0.1, -0.05) is 19.8 Å². The van der Waals surface area contributed by atoms with Crippen LogP contribution >= 0.6 is 11.3 Å². The molecule has 2 rings (SSSR count). The summed E-state index contributed by atoms with van der Waals surface area (Å²) in [5.41, 5.74) is -0.0688. The topological polar surface area (TPSA) is 67.3 Å². The van der Waals surface area contributed by atoms with Crippen molar-refractivity contribution in [3.63, 3.8) is 0 Å². The van der Waals surface area contributed by atoms with Gasteiger partial charge in [-0.2, -0.15) is 0 Å². The van der Waals surface area contributed by atoms with Crippen LogP contribution in [-0.2, 0) is 0 Å². The molecule has 2 atom stereocenters. The number of hydrogen-bond donors (Lipinski definition) is 1. The Hall–Kier alpha value is -1.23. The highest BCUT2D eigenvalue weighted by molar-refractivity contribution is 7.14. The molecule has 18 heavy (non-hydrogen) atoms. The molecule has 0 aromatic carbocycles. The fourth-order valence-electron chi connectivity index (χ4n) is 2.55. The van der Waals surface area contributed by atoms with Gasteiger partial charge in [0.05, 0.1) is 5.01 Å². The number of aromatic carboxylic acids is 1. The van der Waals surface area contributed by atoms with Crippen molar-refractivity contribution in [3.8, 4) is 0 Å². The van der Waals surface area contributed by atoms with Gasteiger partial charge in [-0.3, -0.25) is 4.79 Å². The van der Waals surface area contributed by atoms with Gasteiger partial charge in [0.25, 0.3) is 0 Å². The SMILES string of the molecule is CC(=O)c1sc(C2CCCC(C)C2)nc1C(=O)O. The number of hydrogen-bond acceptors (Lipinski definition) is 4. The fourth-order valence-corrected chi connectivity index (χ4v) is 3.65. The Morgan fingerprint density at radius 1 is 1.39 bits per heavy atom.